The largest absolute Gasteiger partial charge is 0.489 e. The normalized spacial score (nSPS) is 13.6. The minimum Gasteiger partial charge on any atom is -0.489 e. The lowest BCUT2D eigenvalue weighted by Gasteiger charge is -2.20. The molecular weight excluding hydrogens is 432 g/mol. The minimum atomic E-state index is -0.351. The van der Waals surface area contributed by atoms with Crippen molar-refractivity contribution in [1.29, 1.82) is 5.26 Å². The third kappa shape index (κ3) is 5.59. The summed E-state index contributed by atoms with van der Waals surface area (Å²) < 4.78 is 10.2. The fourth-order valence-corrected chi connectivity index (χ4v) is 3.71. The van der Waals surface area contributed by atoms with E-state index in [9.17, 15) is 14.4 Å². The first-order valence-corrected chi connectivity index (χ1v) is 10.8. The zero-order chi connectivity index (χ0) is 24.7. The van der Waals surface area contributed by atoms with Crippen LogP contribution in [0.2, 0.25) is 0 Å². The second-order valence-electron chi connectivity index (χ2n) is 7.90. The number of carbonyl (C=O) groups is 3. The van der Waals surface area contributed by atoms with E-state index in [1.165, 1.54) is 14.2 Å². The number of aryl methyl sites for hydroxylation is 1. The van der Waals surface area contributed by atoms with E-state index in [4.69, 9.17) is 14.7 Å². The molecule has 2 aromatic carbocycles. The highest BCUT2D eigenvalue weighted by atomic mass is 16.5. The number of rotatable bonds is 9. The van der Waals surface area contributed by atoms with Crippen LogP contribution in [0.4, 0.5) is 5.69 Å². The van der Waals surface area contributed by atoms with Crippen molar-refractivity contribution < 1.29 is 23.9 Å². The topological polar surface area (TPSA) is 105 Å². The number of nitriles is 1. The predicted octanol–water partition coefficient (Wildman–Crippen LogP) is 3.84. The number of allylic oxidation sites excluding steroid dienone is 2. The predicted molar refractivity (Wildman–Crippen MR) is 127 cm³/mol. The molecule has 0 fully saturated rings. The number of anilines is 1. The number of amides is 1. The number of carbonyl (C=O) groups excluding carboxylic acids is 3. The first-order valence-electron chi connectivity index (χ1n) is 10.8. The van der Waals surface area contributed by atoms with Crippen molar-refractivity contribution in [3.05, 3.63) is 87.9 Å². The average molecular weight is 459 g/mol. The molecule has 1 aliphatic carbocycles. The molecule has 0 saturated heterocycles. The zero-order valence-electron chi connectivity index (χ0n) is 19.4. The molecule has 0 atom stereocenters. The third-order valence-electron chi connectivity index (χ3n) is 5.66. The molecule has 0 saturated carbocycles. The van der Waals surface area contributed by atoms with Gasteiger partial charge in [0.15, 0.2) is 0 Å². The standard InChI is InChI=1S/C27H26N2O5/c1-17-22(25(32)27(34-3)26(33-2)24(17)31)16-20-6-4-18(5-7-20)10-13-23(30)29-21-11-8-19(9-12-21)14-15-28/h4-9,11-12H,10,13-14,16H2,1-3H3,(H,29,30). The number of ether oxygens (including phenoxy) is 2. The van der Waals surface area contributed by atoms with E-state index >= 15 is 0 Å². The highest BCUT2D eigenvalue weighted by molar-refractivity contribution is 6.23. The van der Waals surface area contributed by atoms with Crippen molar-refractivity contribution in [2.45, 2.75) is 32.6 Å². The van der Waals surface area contributed by atoms with Crippen LogP contribution in [0.25, 0.3) is 0 Å². The molecule has 1 aliphatic rings. The molecule has 0 aromatic heterocycles. The number of nitrogens with one attached hydrogen (secondary N) is 1. The lowest BCUT2D eigenvalue weighted by atomic mass is 9.88. The summed E-state index contributed by atoms with van der Waals surface area (Å²) >= 11 is 0. The Hall–Kier alpha value is -4.18. The second-order valence-corrected chi connectivity index (χ2v) is 7.90. The van der Waals surface area contributed by atoms with Gasteiger partial charge in [0.05, 0.1) is 26.7 Å². The lowest BCUT2D eigenvalue weighted by Crippen LogP contribution is -2.26. The molecule has 1 amide bonds. The molecule has 34 heavy (non-hydrogen) atoms. The molecule has 174 valence electrons. The molecule has 0 aliphatic heterocycles. The van der Waals surface area contributed by atoms with Crippen molar-refractivity contribution in [2.75, 3.05) is 19.5 Å². The van der Waals surface area contributed by atoms with Crippen LogP contribution in [0.5, 0.6) is 0 Å². The Morgan fingerprint density at radius 2 is 1.44 bits per heavy atom. The van der Waals surface area contributed by atoms with E-state index in [1.54, 1.807) is 19.1 Å². The summed E-state index contributed by atoms with van der Waals surface area (Å²) in [5.74, 6) is -0.943. The van der Waals surface area contributed by atoms with Gasteiger partial charge in [-0.05, 0) is 42.2 Å². The highest BCUT2D eigenvalue weighted by Crippen LogP contribution is 2.28. The van der Waals surface area contributed by atoms with Gasteiger partial charge in [0.25, 0.3) is 0 Å². The fourth-order valence-electron chi connectivity index (χ4n) is 3.71. The molecule has 0 unspecified atom stereocenters. The molecule has 7 nitrogen and oxygen atoms in total. The molecule has 0 spiro atoms. The van der Waals surface area contributed by atoms with Crippen LogP contribution in [0.3, 0.4) is 0 Å². The Morgan fingerprint density at radius 3 is 2.03 bits per heavy atom. The van der Waals surface area contributed by atoms with Gasteiger partial charge in [-0.15, -0.1) is 0 Å². The number of benzene rings is 2. The average Bonchev–Trinajstić information content (AvgIpc) is 2.84. The Bertz CT molecular complexity index is 1200. The quantitative estimate of drug-likeness (QED) is 0.573. The highest BCUT2D eigenvalue weighted by Gasteiger charge is 2.34. The van der Waals surface area contributed by atoms with Gasteiger partial charge in [0, 0.05) is 29.7 Å². The maximum absolute atomic E-state index is 12.8. The number of ketones is 2. The number of hydrogen-bond acceptors (Lipinski definition) is 6. The van der Waals surface area contributed by atoms with Crippen molar-refractivity contribution in [1.82, 2.24) is 0 Å². The summed E-state index contributed by atoms with van der Waals surface area (Å²) in [6.45, 7) is 1.62. The monoisotopic (exact) mass is 458 g/mol. The van der Waals surface area contributed by atoms with Crippen LogP contribution in [-0.4, -0.2) is 31.7 Å². The second kappa shape index (κ2) is 11.1. The van der Waals surface area contributed by atoms with Crippen LogP contribution in [0, 0.1) is 11.3 Å². The minimum absolute atomic E-state index is 0.0690. The van der Waals surface area contributed by atoms with E-state index in [2.05, 4.69) is 11.4 Å². The van der Waals surface area contributed by atoms with Crippen LogP contribution in [0.15, 0.2) is 71.2 Å². The first kappa shape index (κ1) is 24.5. The summed E-state index contributed by atoms with van der Waals surface area (Å²) in [4.78, 5) is 37.6. The zero-order valence-corrected chi connectivity index (χ0v) is 19.4. The number of methoxy groups -OCH3 is 2. The summed E-state index contributed by atoms with van der Waals surface area (Å²) in [5, 5.41) is 11.6. The molecule has 0 bridgehead atoms. The summed E-state index contributed by atoms with van der Waals surface area (Å²) in [7, 11) is 2.68. The lowest BCUT2D eigenvalue weighted by molar-refractivity contribution is -0.121. The molecule has 2 aromatic rings. The van der Waals surface area contributed by atoms with Crippen molar-refractivity contribution in [3.63, 3.8) is 0 Å². The smallest absolute Gasteiger partial charge is 0.228 e. The van der Waals surface area contributed by atoms with Crippen molar-refractivity contribution in [3.8, 4) is 6.07 Å². The summed E-state index contributed by atoms with van der Waals surface area (Å²) in [6, 6.07) is 16.9. The van der Waals surface area contributed by atoms with E-state index in [0.29, 0.717) is 42.5 Å². The summed E-state index contributed by atoms with van der Waals surface area (Å²) in [5.41, 5.74) is 4.19. The van der Waals surface area contributed by atoms with Gasteiger partial charge in [-0.1, -0.05) is 36.4 Å². The van der Waals surface area contributed by atoms with E-state index in [1.807, 2.05) is 36.4 Å². The first-order chi connectivity index (χ1) is 16.4. The van der Waals surface area contributed by atoms with Gasteiger partial charge in [-0.2, -0.15) is 5.26 Å². The van der Waals surface area contributed by atoms with Gasteiger partial charge in [0.1, 0.15) is 0 Å². The number of nitrogens with zero attached hydrogens (tertiary/aromatic N) is 1. The molecule has 3 rings (SSSR count). The molecule has 0 heterocycles. The van der Waals surface area contributed by atoms with Gasteiger partial charge in [-0.3, -0.25) is 14.4 Å². The molecule has 0 radical (unpaired) electrons. The van der Waals surface area contributed by atoms with Gasteiger partial charge in [-0.25, -0.2) is 0 Å². The van der Waals surface area contributed by atoms with Crippen LogP contribution in [0.1, 0.15) is 30.0 Å². The van der Waals surface area contributed by atoms with Crippen LogP contribution >= 0.6 is 0 Å². The van der Waals surface area contributed by atoms with Crippen molar-refractivity contribution >= 4 is 23.2 Å². The maximum Gasteiger partial charge on any atom is 0.228 e. The number of hydrogen-bond donors (Lipinski definition) is 1. The Morgan fingerprint density at radius 1 is 0.882 bits per heavy atom. The molecular formula is C27H26N2O5. The molecule has 1 N–H and O–H groups in total. The Kier molecular flexibility index (Phi) is 7.99. The Labute approximate surface area is 198 Å². The van der Waals surface area contributed by atoms with Gasteiger partial charge >= 0.3 is 0 Å². The van der Waals surface area contributed by atoms with Gasteiger partial charge in [0.2, 0.25) is 29.0 Å². The van der Waals surface area contributed by atoms with E-state index in [0.717, 1.165) is 16.7 Å². The van der Waals surface area contributed by atoms with E-state index in [-0.39, 0.29) is 29.0 Å². The van der Waals surface area contributed by atoms with Gasteiger partial charge < -0.3 is 14.8 Å². The Balaban J connectivity index is 1.58. The van der Waals surface area contributed by atoms with E-state index < -0.39 is 0 Å². The van der Waals surface area contributed by atoms with Crippen LogP contribution < -0.4 is 5.32 Å². The van der Waals surface area contributed by atoms with Crippen LogP contribution in [-0.2, 0) is 43.1 Å². The number of Topliss-reactive ketones (excluding diaryl/α,β-unsaturated/α-hetero) is 2. The SMILES string of the molecule is COC1=C(OC)C(=O)C(Cc2ccc(CCC(=O)Nc3ccc(CC#N)cc3)cc2)=C(C)C1=O. The fraction of sp³-hybridized carbons (Fsp3) is 0.259. The molecule has 7 heteroatoms. The van der Waals surface area contributed by atoms with Crippen molar-refractivity contribution in [2.24, 2.45) is 0 Å². The summed E-state index contributed by atoms with van der Waals surface area (Å²) in [6.07, 6.45) is 1.51. The third-order valence-corrected chi connectivity index (χ3v) is 5.66. The maximum atomic E-state index is 12.8.